The quantitative estimate of drug-likeness (QED) is 0.455. The Morgan fingerprint density at radius 1 is 0.966 bits per heavy atom. The maximum Gasteiger partial charge on any atom is 0.127 e. The molecule has 3 nitrogen and oxygen atoms in total. The van der Waals surface area contributed by atoms with Crippen LogP contribution in [0.2, 0.25) is 0 Å². The second-order valence-corrected chi connectivity index (χ2v) is 7.40. The van der Waals surface area contributed by atoms with Gasteiger partial charge >= 0.3 is 0 Å². The van der Waals surface area contributed by atoms with E-state index < -0.39 is 0 Å². The number of rotatable bonds is 5. The summed E-state index contributed by atoms with van der Waals surface area (Å²) < 4.78 is 18.9. The first-order chi connectivity index (χ1) is 14.2. The van der Waals surface area contributed by atoms with Gasteiger partial charge in [-0.1, -0.05) is 36.4 Å². The predicted molar refractivity (Wildman–Crippen MR) is 114 cm³/mol. The third-order valence-corrected chi connectivity index (χ3v) is 5.43. The van der Waals surface area contributed by atoms with E-state index in [1.54, 1.807) is 12.1 Å². The Labute approximate surface area is 169 Å². The summed E-state index contributed by atoms with van der Waals surface area (Å²) in [6, 6.07) is 25.2. The first kappa shape index (κ1) is 17.7. The van der Waals surface area contributed by atoms with Crippen LogP contribution in [0.4, 0.5) is 10.2 Å². The molecule has 0 saturated heterocycles. The Hall–Kier alpha value is -3.40. The molecule has 0 aliphatic heterocycles. The molecule has 0 radical (unpaired) electrons. The van der Waals surface area contributed by atoms with E-state index in [4.69, 9.17) is 9.72 Å². The van der Waals surface area contributed by atoms with E-state index in [1.807, 2.05) is 24.3 Å². The van der Waals surface area contributed by atoms with Gasteiger partial charge in [0, 0.05) is 5.39 Å². The van der Waals surface area contributed by atoms with Crippen molar-refractivity contribution < 1.29 is 9.13 Å². The molecule has 0 saturated carbocycles. The number of halogens is 1. The minimum absolute atomic E-state index is 0.240. The number of aromatic nitrogens is 1. The lowest BCUT2D eigenvalue weighted by Crippen LogP contribution is -2.08. The third kappa shape index (κ3) is 3.79. The van der Waals surface area contributed by atoms with Gasteiger partial charge in [0.2, 0.25) is 0 Å². The van der Waals surface area contributed by atoms with Crippen LogP contribution < -0.4 is 10.1 Å². The van der Waals surface area contributed by atoms with Crippen molar-refractivity contribution >= 4 is 16.7 Å². The lowest BCUT2D eigenvalue weighted by Gasteiger charge is -2.15. The van der Waals surface area contributed by atoms with Gasteiger partial charge in [0.1, 0.15) is 24.0 Å². The van der Waals surface area contributed by atoms with E-state index in [0.29, 0.717) is 12.6 Å². The molecular weight excluding hydrogens is 363 g/mol. The number of nitrogens with zero attached hydrogens (tertiary/aromatic N) is 1. The number of hydrogen-bond donors (Lipinski definition) is 1. The van der Waals surface area contributed by atoms with E-state index >= 15 is 0 Å². The van der Waals surface area contributed by atoms with Gasteiger partial charge in [-0.15, -0.1) is 0 Å². The molecular formula is C25H21FN2O. The third-order valence-electron chi connectivity index (χ3n) is 5.43. The lowest BCUT2D eigenvalue weighted by atomic mass is 10.1. The summed E-state index contributed by atoms with van der Waals surface area (Å²) >= 11 is 0. The number of pyridine rings is 1. The van der Waals surface area contributed by atoms with Crippen molar-refractivity contribution in [2.75, 3.05) is 5.32 Å². The molecule has 1 aromatic heterocycles. The standard InChI is InChI=1S/C25H21FN2O/c26-20-9-5-17(6-10-20)16-29-21-11-13-23-19(15-21)8-14-25(27-23)28-24-12-7-18-3-1-2-4-22(18)24/h1-6,8-11,13-15,24H,7,12,16H2,(H,27,28). The van der Waals surface area contributed by atoms with E-state index in [-0.39, 0.29) is 5.82 Å². The highest BCUT2D eigenvalue weighted by atomic mass is 19.1. The Morgan fingerprint density at radius 3 is 2.72 bits per heavy atom. The van der Waals surface area contributed by atoms with Crippen molar-refractivity contribution in [1.82, 2.24) is 4.98 Å². The number of anilines is 1. The topological polar surface area (TPSA) is 34.1 Å². The highest BCUT2D eigenvalue weighted by Gasteiger charge is 2.21. The molecule has 0 spiro atoms. The molecule has 4 heteroatoms. The normalized spacial score (nSPS) is 15.3. The fourth-order valence-electron chi connectivity index (χ4n) is 3.91. The average molecular weight is 384 g/mol. The largest absolute Gasteiger partial charge is 0.489 e. The summed E-state index contributed by atoms with van der Waals surface area (Å²) in [5.41, 5.74) is 4.66. The molecule has 1 heterocycles. The van der Waals surface area contributed by atoms with Crippen molar-refractivity contribution in [2.45, 2.75) is 25.5 Å². The number of aryl methyl sites for hydroxylation is 1. The maximum absolute atomic E-state index is 13.0. The summed E-state index contributed by atoms with van der Waals surface area (Å²) in [4.78, 5) is 4.77. The Kier molecular flexibility index (Phi) is 4.60. The van der Waals surface area contributed by atoms with Crippen LogP contribution in [-0.2, 0) is 13.0 Å². The Balaban J connectivity index is 1.30. The van der Waals surface area contributed by atoms with Gasteiger partial charge in [0.05, 0.1) is 11.6 Å². The van der Waals surface area contributed by atoms with Crippen molar-refractivity contribution in [3.05, 3.63) is 101 Å². The number of benzene rings is 3. The number of nitrogens with one attached hydrogen (secondary N) is 1. The number of hydrogen-bond acceptors (Lipinski definition) is 3. The van der Waals surface area contributed by atoms with Crippen molar-refractivity contribution in [3.8, 4) is 5.75 Å². The van der Waals surface area contributed by atoms with Crippen LogP contribution >= 0.6 is 0 Å². The van der Waals surface area contributed by atoms with Gasteiger partial charge in [-0.05, 0) is 72.0 Å². The highest BCUT2D eigenvalue weighted by molar-refractivity contribution is 5.81. The maximum atomic E-state index is 13.0. The second kappa shape index (κ2) is 7.55. The first-order valence-electron chi connectivity index (χ1n) is 9.87. The Morgan fingerprint density at radius 2 is 1.83 bits per heavy atom. The van der Waals surface area contributed by atoms with Crippen molar-refractivity contribution in [1.29, 1.82) is 0 Å². The van der Waals surface area contributed by atoms with Crippen molar-refractivity contribution in [3.63, 3.8) is 0 Å². The molecule has 29 heavy (non-hydrogen) atoms. The zero-order valence-corrected chi connectivity index (χ0v) is 15.9. The molecule has 0 amide bonds. The van der Waals surface area contributed by atoms with Gasteiger partial charge in [-0.25, -0.2) is 9.37 Å². The average Bonchev–Trinajstić information content (AvgIpc) is 3.16. The van der Waals surface area contributed by atoms with E-state index in [2.05, 4.69) is 35.6 Å². The lowest BCUT2D eigenvalue weighted by molar-refractivity contribution is 0.306. The minimum atomic E-state index is -0.240. The van der Waals surface area contributed by atoms with Crippen LogP contribution in [0.15, 0.2) is 78.9 Å². The molecule has 1 aliphatic carbocycles. The summed E-state index contributed by atoms with van der Waals surface area (Å²) in [6.07, 6.45) is 2.20. The van der Waals surface area contributed by atoms with Crippen molar-refractivity contribution in [2.24, 2.45) is 0 Å². The predicted octanol–water partition coefficient (Wildman–Crippen LogP) is 6.05. The molecule has 3 aromatic carbocycles. The molecule has 1 N–H and O–H groups in total. The second-order valence-electron chi connectivity index (χ2n) is 7.40. The zero-order chi connectivity index (χ0) is 19.6. The van der Waals surface area contributed by atoms with Gasteiger partial charge < -0.3 is 10.1 Å². The molecule has 5 rings (SSSR count). The van der Waals surface area contributed by atoms with Crippen LogP contribution in [-0.4, -0.2) is 4.98 Å². The highest BCUT2D eigenvalue weighted by Crippen LogP contribution is 2.33. The smallest absolute Gasteiger partial charge is 0.127 e. The van der Waals surface area contributed by atoms with Crippen LogP contribution in [0.5, 0.6) is 5.75 Å². The van der Waals surface area contributed by atoms with Crippen LogP contribution in [0.3, 0.4) is 0 Å². The summed E-state index contributed by atoms with van der Waals surface area (Å²) in [5.74, 6) is 1.42. The van der Waals surface area contributed by atoms with E-state index in [9.17, 15) is 4.39 Å². The van der Waals surface area contributed by atoms with E-state index in [1.165, 1.54) is 23.3 Å². The van der Waals surface area contributed by atoms with Crippen LogP contribution in [0.25, 0.3) is 10.9 Å². The number of ether oxygens (including phenoxy) is 1. The minimum Gasteiger partial charge on any atom is -0.489 e. The van der Waals surface area contributed by atoms with Gasteiger partial charge in [-0.3, -0.25) is 0 Å². The molecule has 1 atom stereocenters. The van der Waals surface area contributed by atoms with Gasteiger partial charge in [0.25, 0.3) is 0 Å². The monoisotopic (exact) mass is 384 g/mol. The molecule has 1 aliphatic rings. The molecule has 0 fully saturated rings. The summed E-state index contributed by atoms with van der Waals surface area (Å²) in [5, 5.41) is 4.61. The number of fused-ring (bicyclic) bond motifs is 2. The molecule has 144 valence electrons. The molecule has 4 aromatic rings. The summed E-state index contributed by atoms with van der Waals surface area (Å²) in [6.45, 7) is 0.403. The van der Waals surface area contributed by atoms with E-state index in [0.717, 1.165) is 40.9 Å². The first-order valence-corrected chi connectivity index (χ1v) is 9.87. The molecule has 1 unspecified atom stereocenters. The zero-order valence-electron chi connectivity index (χ0n) is 15.9. The Bertz CT molecular complexity index is 1160. The van der Waals surface area contributed by atoms with Crippen LogP contribution in [0, 0.1) is 5.82 Å². The van der Waals surface area contributed by atoms with Gasteiger partial charge in [0.15, 0.2) is 0 Å². The molecule has 0 bridgehead atoms. The van der Waals surface area contributed by atoms with Crippen LogP contribution in [0.1, 0.15) is 29.2 Å². The fourth-order valence-corrected chi connectivity index (χ4v) is 3.91. The SMILES string of the molecule is Fc1ccc(COc2ccc3nc(NC4CCc5ccccc54)ccc3c2)cc1. The van der Waals surface area contributed by atoms with Gasteiger partial charge in [-0.2, -0.15) is 0 Å². The summed E-state index contributed by atoms with van der Waals surface area (Å²) in [7, 11) is 0. The fraction of sp³-hybridized carbons (Fsp3) is 0.160.